The normalized spacial score (nSPS) is 11.1. The quantitative estimate of drug-likeness (QED) is 0.578. The molecule has 0 bridgehead atoms. The van der Waals surface area contributed by atoms with Crippen LogP contribution in [0, 0.1) is 0 Å². The topological polar surface area (TPSA) is 55.4 Å². The van der Waals surface area contributed by atoms with Crippen LogP contribution in [0.3, 0.4) is 0 Å². The minimum absolute atomic E-state index is 0.0686. The van der Waals surface area contributed by atoms with E-state index < -0.39 is 5.41 Å². The third kappa shape index (κ3) is 5.11. The Hall–Kier alpha value is -2.27. The summed E-state index contributed by atoms with van der Waals surface area (Å²) in [5.74, 6) is 0.669. The number of nitrogens with one attached hydrogen (secondary N) is 1. The highest BCUT2D eigenvalue weighted by Gasteiger charge is 2.30. The number of ether oxygens (including phenoxy) is 1. The third-order valence-corrected chi connectivity index (χ3v) is 5.08. The molecule has 0 aliphatic rings. The molecule has 26 heavy (non-hydrogen) atoms. The van der Waals surface area contributed by atoms with Gasteiger partial charge >= 0.3 is 5.97 Å². The van der Waals surface area contributed by atoms with Crippen LogP contribution in [0.2, 0.25) is 0 Å². The minimum atomic E-state index is -0.727. The Bertz CT molecular complexity index is 752. The van der Waals surface area contributed by atoms with E-state index in [1.165, 1.54) is 12.0 Å². The first-order chi connectivity index (χ1) is 12.4. The van der Waals surface area contributed by atoms with E-state index in [9.17, 15) is 9.59 Å². The first-order valence-electron chi connectivity index (χ1n) is 8.57. The summed E-state index contributed by atoms with van der Waals surface area (Å²) in [7, 11) is 1.38. The summed E-state index contributed by atoms with van der Waals surface area (Å²) in [6.45, 7) is 5.74. The first kappa shape index (κ1) is 20.0. The maximum absolute atomic E-state index is 12.2. The SMILES string of the molecule is CCSc1ccc(CC(=O)Nc2ccc(C(C)(C)C(=O)OC)cc2)cc1. The molecule has 2 aromatic rings. The van der Waals surface area contributed by atoms with Crippen molar-refractivity contribution in [2.24, 2.45) is 0 Å². The number of rotatable bonds is 7. The molecule has 0 fully saturated rings. The molecule has 138 valence electrons. The van der Waals surface area contributed by atoms with Gasteiger partial charge in [0, 0.05) is 10.6 Å². The molecule has 0 radical (unpaired) electrons. The monoisotopic (exact) mass is 371 g/mol. The Labute approximate surface area is 159 Å². The number of amides is 1. The maximum atomic E-state index is 12.2. The minimum Gasteiger partial charge on any atom is -0.468 e. The van der Waals surface area contributed by atoms with Gasteiger partial charge in [-0.05, 0) is 55.0 Å². The molecular formula is C21H25NO3S. The highest BCUT2D eigenvalue weighted by molar-refractivity contribution is 7.99. The molecule has 2 aromatic carbocycles. The van der Waals surface area contributed by atoms with Gasteiger partial charge in [0.1, 0.15) is 0 Å². The molecule has 0 unspecified atom stereocenters. The number of benzene rings is 2. The van der Waals surface area contributed by atoms with E-state index in [1.807, 2.05) is 50.2 Å². The van der Waals surface area contributed by atoms with E-state index in [0.717, 1.165) is 16.9 Å². The molecular weight excluding hydrogens is 346 g/mol. The predicted octanol–water partition coefficient (Wildman–Crippen LogP) is 4.43. The van der Waals surface area contributed by atoms with Crippen molar-refractivity contribution in [3.05, 3.63) is 59.7 Å². The van der Waals surface area contributed by atoms with Gasteiger partial charge in [-0.3, -0.25) is 9.59 Å². The molecule has 1 amide bonds. The van der Waals surface area contributed by atoms with E-state index in [0.29, 0.717) is 12.1 Å². The van der Waals surface area contributed by atoms with Crippen molar-refractivity contribution in [1.82, 2.24) is 0 Å². The first-order valence-corrected chi connectivity index (χ1v) is 9.56. The van der Waals surface area contributed by atoms with Crippen molar-refractivity contribution >= 4 is 29.3 Å². The van der Waals surface area contributed by atoms with E-state index in [2.05, 4.69) is 12.2 Å². The molecule has 0 saturated carbocycles. The lowest BCUT2D eigenvalue weighted by atomic mass is 9.85. The van der Waals surface area contributed by atoms with Gasteiger partial charge < -0.3 is 10.1 Å². The van der Waals surface area contributed by atoms with Gasteiger partial charge in [0.05, 0.1) is 18.9 Å². The van der Waals surface area contributed by atoms with Gasteiger partial charge in [-0.25, -0.2) is 0 Å². The highest BCUT2D eigenvalue weighted by atomic mass is 32.2. The van der Waals surface area contributed by atoms with E-state index in [-0.39, 0.29) is 11.9 Å². The van der Waals surface area contributed by atoms with E-state index in [4.69, 9.17) is 4.74 Å². The zero-order chi connectivity index (χ0) is 19.2. The van der Waals surface area contributed by atoms with Crippen molar-refractivity contribution in [2.75, 3.05) is 18.2 Å². The molecule has 0 atom stereocenters. The summed E-state index contributed by atoms with van der Waals surface area (Å²) in [5, 5.41) is 2.89. The zero-order valence-electron chi connectivity index (χ0n) is 15.7. The largest absolute Gasteiger partial charge is 0.468 e. The number of esters is 1. The molecule has 0 aromatic heterocycles. The van der Waals surface area contributed by atoms with Crippen LogP contribution < -0.4 is 5.32 Å². The second-order valence-corrected chi connectivity index (χ2v) is 7.83. The maximum Gasteiger partial charge on any atom is 0.315 e. The summed E-state index contributed by atoms with van der Waals surface area (Å²) < 4.78 is 4.84. The Kier molecular flexibility index (Phi) is 6.86. The van der Waals surface area contributed by atoms with Crippen LogP contribution in [-0.2, 0) is 26.2 Å². The smallest absolute Gasteiger partial charge is 0.315 e. The number of methoxy groups -OCH3 is 1. The lowest BCUT2D eigenvalue weighted by molar-refractivity contribution is -0.146. The predicted molar refractivity (Wildman–Crippen MR) is 107 cm³/mol. The molecule has 0 spiro atoms. The fourth-order valence-corrected chi connectivity index (χ4v) is 3.27. The van der Waals surface area contributed by atoms with E-state index >= 15 is 0 Å². The fraction of sp³-hybridized carbons (Fsp3) is 0.333. The van der Waals surface area contributed by atoms with Crippen LogP contribution in [0.4, 0.5) is 5.69 Å². The van der Waals surface area contributed by atoms with Gasteiger partial charge in [0.2, 0.25) is 5.91 Å². The Morgan fingerprint density at radius 3 is 2.19 bits per heavy atom. The van der Waals surface area contributed by atoms with Crippen molar-refractivity contribution < 1.29 is 14.3 Å². The van der Waals surface area contributed by atoms with Crippen LogP contribution in [0.25, 0.3) is 0 Å². The Morgan fingerprint density at radius 2 is 1.65 bits per heavy atom. The highest BCUT2D eigenvalue weighted by Crippen LogP contribution is 2.26. The summed E-state index contributed by atoms with van der Waals surface area (Å²) in [6.07, 6.45) is 0.326. The number of anilines is 1. The number of thioether (sulfide) groups is 1. The van der Waals surface area contributed by atoms with Crippen molar-refractivity contribution in [3.8, 4) is 0 Å². The molecule has 0 aliphatic heterocycles. The van der Waals surface area contributed by atoms with Crippen LogP contribution in [-0.4, -0.2) is 24.7 Å². The molecule has 0 saturated heterocycles. The molecule has 5 heteroatoms. The second-order valence-electron chi connectivity index (χ2n) is 6.50. The molecule has 0 aliphatic carbocycles. The van der Waals surface area contributed by atoms with Gasteiger partial charge in [-0.15, -0.1) is 11.8 Å². The molecule has 1 N–H and O–H groups in total. The fourth-order valence-electron chi connectivity index (χ4n) is 2.60. The number of carbonyl (C=O) groups is 2. The summed E-state index contributed by atoms with van der Waals surface area (Å²) in [4.78, 5) is 25.3. The summed E-state index contributed by atoms with van der Waals surface area (Å²) >= 11 is 1.78. The zero-order valence-corrected chi connectivity index (χ0v) is 16.5. The number of hydrogen-bond acceptors (Lipinski definition) is 4. The molecule has 0 heterocycles. The van der Waals surface area contributed by atoms with Crippen molar-refractivity contribution in [2.45, 2.75) is 37.5 Å². The van der Waals surface area contributed by atoms with Gasteiger partial charge in [-0.2, -0.15) is 0 Å². The standard InChI is InChI=1S/C21H25NO3S/c1-5-26-18-12-6-15(7-13-18)14-19(23)22-17-10-8-16(9-11-17)21(2,3)20(24)25-4/h6-13H,5,14H2,1-4H3,(H,22,23). The van der Waals surface area contributed by atoms with E-state index in [1.54, 1.807) is 23.9 Å². The molecule has 4 nitrogen and oxygen atoms in total. The molecule has 2 rings (SSSR count). The number of hydrogen-bond donors (Lipinski definition) is 1. The van der Waals surface area contributed by atoms with Gasteiger partial charge in [0.25, 0.3) is 0 Å². The third-order valence-electron chi connectivity index (χ3n) is 4.19. The van der Waals surface area contributed by atoms with Crippen LogP contribution in [0.15, 0.2) is 53.4 Å². The Balaban J connectivity index is 1.98. The summed E-state index contributed by atoms with van der Waals surface area (Å²) in [5.41, 5.74) is 1.80. The average molecular weight is 372 g/mol. The van der Waals surface area contributed by atoms with Crippen LogP contribution >= 0.6 is 11.8 Å². The van der Waals surface area contributed by atoms with Crippen LogP contribution in [0.1, 0.15) is 31.9 Å². The summed E-state index contributed by atoms with van der Waals surface area (Å²) in [6, 6.07) is 15.3. The average Bonchev–Trinajstić information content (AvgIpc) is 2.63. The van der Waals surface area contributed by atoms with Gasteiger partial charge in [-0.1, -0.05) is 31.2 Å². The lowest BCUT2D eigenvalue weighted by Gasteiger charge is -2.22. The second kappa shape index (κ2) is 8.90. The lowest BCUT2D eigenvalue weighted by Crippen LogP contribution is -2.30. The van der Waals surface area contributed by atoms with Crippen LogP contribution in [0.5, 0.6) is 0 Å². The Morgan fingerprint density at radius 1 is 1.04 bits per heavy atom. The van der Waals surface area contributed by atoms with Crippen molar-refractivity contribution in [3.63, 3.8) is 0 Å². The van der Waals surface area contributed by atoms with Crippen molar-refractivity contribution in [1.29, 1.82) is 0 Å². The van der Waals surface area contributed by atoms with Gasteiger partial charge in [0.15, 0.2) is 0 Å². The number of carbonyl (C=O) groups excluding carboxylic acids is 2.